The number of carbonyl (C=O) groups is 4. The van der Waals surface area contributed by atoms with Gasteiger partial charge >= 0.3 is 12.1 Å². The van der Waals surface area contributed by atoms with Crippen LogP contribution in [0.2, 0.25) is 0 Å². The first-order valence-corrected chi connectivity index (χ1v) is 8.44. The van der Waals surface area contributed by atoms with Gasteiger partial charge in [0.1, 0.15) is 25.0 Å². The third-order valence-electron chi connectivity index (χ3n) is 4.18. The molecule has 1 aromatic carbocycles. The Bertz CT molecular complexity index is 661. The SMILES string of the molecule is O=C1CCC[C@@H]([C@H](NC(=O)CNC(=O)OCc2ccccc2)C(=O)O)C1. The maximum Gasteiger partial charge on any atom is 0.407 e. The number of benzene rings is 1. The van der Waals surface area contributed by atoms with Crippen molar-refractivity contribution >= 4 is 23.8 Å². The molecule has 0 bridgehead atoms. The highest BCUT2D eigenvalue weighted by Gasteiger charge is 2.33. The van der Waals surface area contributed by atoms with Gasteiger partial charge in [0, 0.05) is 12.8 Å². The predicted octanol–water partition coefficient (Wildman–Crippen LogP) is 1.24. The Morgan fingerprint density at radius 2 is 1.96 bits per heavy atom. The zero-order valence-corrected chi connectivity index (χ0v) is 14.3. The van der Waals surface area contributed by atoms with Gasteiger partial charge in [-0.05, 0) is 24.3 Å². The summed E-state index contributed by atoms with van der Waals surface area (Å²) in [5, 5.41) is 14.0. The summed E-state index contributed by atoms with van der Waals surface area (Å²) in [5.41, 5.74) is 0.806. The molecule has 0 radical (unpaired) electrons. The Morgan fingerprint density at radius 1 is 1.23 bits per heavy atom. The van der Waals surface area contributed by atoms with Crippen molar-refractivity contribution in [2.75, 3.05) is 6.54 Å². The van der Waals surface area contributed by atoms with E-state index in [4.69, 9.17) is 4.74 Å². The summed E-state index contributed by atoms with van der Waals surface area (Å²) >= 11 is 0. The molecule has 1 saturated carbocycles. The Hall–Kier alpha value is -2.90. The molecule has 0 aliphatic heterocycles. The third-order valence-corrected chi connectivity index (χ3v) is 4.18. The second-order valence-electron chi connectivity index (χ2n) is 6.19. The van der Waals surface area contributed by atoms with E-state index in [0.29, 0.717) is 19.3 Å². The molecule has 140 valence electrons. The van der Waals surface area contributed by atoms with Gasteiger partial charge in [-0.1, -0.05) is 30.3 Å². The van der Waals surface area contributed by atoms with Crippen molar-refractivity contribution in [1.82, 2.24) is 10.6 Å². The molecule has 8 nitrogen and oxygen atoms in total. The van der Waals surface area contributed by atoms with E-state index >= 15 is 0 Å². The van der Waals surface area contributed by atoms with Crippen LogP contribution < -0.4 is 10.6 Å². The fourth-order valence-electron chi connectivity index (χ4n) is 2.87. The number of ether oxygens (including phenoxy) is 1. The highest BCUT2D eigenvalue weighted by atomic mass is 16.5. The second kappa shape index (κ2) is 9.55. The van der Waals surface area contributed by atoms with Gasteiger partial charge in [-0.3, -0.25) is 9.59 Å². The molecule has 0 saturated heterocycles. The Morgan fingerprint density at radius 3 is 2.62 bits per heavy atom. The van der Waals surface area contributed by atoms with Gasteiger partial charge in [0.15, 0.2) is 0 Å². The summed E-state index contributed by atoms with van der Waals surface area (Å²) in [6.45, 7) is -0.339. The fraction of sp³-hybridized carbons (Fsp3) is 0.444. The van der Waals surface area contributed by atoms with Crippen LogP contribution in [0.25, 0.3) is 0 Å². The first kappa shape index (κ1) is 19.4. The molecule has 2 amide bonds. The number of hydrogen-bond acceptors (Lipinski definition) is 5. The smallest absolute Gasteiger partial charge is 0.407 e. The van der Waals surface area contributed by atoms with Crippen molar-refractivity contribution in [2.45, 2.75) is 38.3 Å². The van der Waals surface area contributed by atoms with Crippen molar-refractivity contribution in [3.05, 3.63) is 35.9 Å². The molecule has 0 aromatic heterocycles. The van der Waals surface area contributed by atoms with Gasteiger partial charge in [0.25, 0.3) is 0 Å². The van der Waals surface area contributed by atoms with Gasteiger partial charge in [0.05, 0.1) is 0 Å². The second-order valence-corrected chi connectivity index (χ2v) is 6.19. The molecular weight excluding hydrogens is 340 g/mol. The van der Waals surface area contributed by atoms with Gasteiger partial charge in [0.2, 0.25) is 5.91 Å². The number of Topliss-reactive ketones (excluding diaryl/α,β-unsaturated/α-hetero) is 1. The maximum absolute atomic E-state index is 11.9. The molecule has 1 aliphatic rings. The lowest BCUT2D eigenvalue weighted by Crippen LogP contribution is -2.50. The van der Waals surface area contributed by atoms with E-state index in [1.807, 2.05) is 18.2 Å². The summed E-state index contributed by atoms with van der Waals surface area (Å²) in [6, 6.07) is 7.91. The van der Waals surface area contributed by atoms with E-state index in [2.05, 4.69) is 10.6 Å². The lowest BCUT2D eigenvalue weighted by atomic mass is 9.83. The average molecular weight is 362 g/mol. The fourth-order valence-corrected chi connectivity index (χ4v) is 2.87. The van der Waals surface area contributed by atoms with Gasteiger partial charge < -0.3 is 20.5 Å². The van der Waals surface area contributed by atoms with E-state index in [-0.39, 0.29) is 18.8 Å². The number of aliphatic carboxylic acids is 1. The van der Waals surface area contributed by atoms with Crippen molar-refractivity contribution < 1.29 is 29.0 Å². The Kier molecular flexibility index (Phi) is 7.13. The summed E-state index contributed by atoms with van der Waals surface area (Å²) in [4.78, 5) is 46.5. The molecule has 0 spiro atoms. The van der Waals surface area contributed by atoms with E-state index < -0.39 is 36.5 Å². The minimum Gasteiger partial charge on any atom is -0.480 e. The minimum atomic E-state index is -1.19. The Balaban J connectivity index is 1.76. The predicted molar refractivity (Wildman–Crippen MR) is 91.2 cm³/mol. The molecule has 1 aromatic rings. The highest BCUT2D eigenvalue weighted by molar-refractivity contribution is 5.87. The zero-order valence-electron chi connectivity index (χ0n) is 14.3. The third kappa shape index (κ3) is 6.19. The summed E-state index contributed by atoms with van der Waals surface area (Å²) < 4.78 is 4.97. The minimum absolute atomic E-state index is 0.00404. The largest absolute Gasteiger partial charge is 0.480 e. The van der Waals surface area contributed by atoms with Crippen LogP contribution in [0, 0.1) is 5.92 Å². The number of ketones is 1. The number of hydrogen-bond donors (Lipinski definition) is 3. The normalized spacial score (nSPS) is 17.8. The van der Waals surface area contributed by atoms with Crippen molar-refractivity contribution in [3.8, 4) is 0 Å². The molecule has 3 N–H and O–H groups in total. The molecule has 26 heavy (non-hydrogen) atoms. The molecule has 2 atom stereocenters. The number of alkyl carbamates (subject to hydrolysis) is 1. The van der Waals surface area contributed by atoms with E-state index in [0.717, 1.165) is 5.56 Å². The Labute approximate surface area is 150 Å². The number of carboxylic acids is 1. The molecular formula is C18H22N2O6. The summed E-state index contributed by atoms with van der Waals surface area (Å²) in [6.07, 6.45) is 1.00. The first-order chi connectivity index (χ1) is 12.5. The first-order valence-electron chi connectivity index (χ1n) is 8.44. The lowest BCUT2D eigenvalue weighted by molar-refractivity contribution is -0.144. The average Bonchev–Trinajstić information content (AvgIpc) is 2.63. The van der Waals surface area contributed by atoms with Crippen LogP contribution in [-0.4, -0.2) is 41.4 Å². The molecule has 8 heteroatoms. The quantitative estimate of drug-likeness (QED) is 0.671. The van der Waals surface area contributed by atoms with Gasteiger partial charge in [-0.2, -0.15) is 0 Å². The molecule has 0 unspecified atom stereocenters. The zero-order chi connectivity index (χ0) is 18.9. The molecule has 1 aliphatic carbocycles. The molecule has 2 rings (SSSR count). The van der Waals surface area contributed by atoms with Crippen LogP contribution in [-0.2, 0) is 25.7 Å². The van der Waals surface area contributed by atoms with E-state index in [9.17, 15) is 24.3 Å². The lowest BCUT2D eigenvalue weighted by Gasteiger charge is -2.27. The van der Waals surface area contributed by atoms with Crippen LogP contribution in [0.3, 0.4) is 0 Å². The standard InChI is InChI=1S/C18H22N2O6/c21-14-8-4-7-13(9-14)16(17(23)24)20-15(22)10-19-18(25)26-11-12-5-2-1-3-6-12/h1-3,5-6,13,16H,4,7-11H2,(H,19,25)(H,20,22)(H,23,24)/t13-,16+/m1/s1. The number of amides is 2. The summed E-state index contributed by atoms with van der Waals surface area (Å²) in [5.74, 6) is -2.26. The van der Waals surface area contributed by atoms with E-state index in [1.165, 1.54) is 0 Å². The number of carbonyl (C=O) groups excluding carboxylic acids is 3. The summed E-state index contributed by atoms with van der Waals surface area (Å²) in [7, 11) is 0. The topological polar surface area (TPSA) is 122 Å². The van der Waals surface area contributed by atoms with Crippen molar-refractivity contribution in [1.29, 1.82) is 0 Å². The van der Waals surface area contributed by atoms with Crippen LogP contribution in [0.5, 0.6) is 0 Å². The highest BCUT2D eigenvalue weighted by Crippen LogP contribution is 2.24. The molecule has 0 heterocycles. The van der Waals surface area contributed by atoms with Gasteiger partial charge in [-0.15, -0.1) is 0 Å². The van der Waals surface area contributed by atoms with Crippen molar-refractivity contribution in [2.24, 2.45) is 5.92 Å². The van der Waals surface area contributed by atoms with Crippen LogP contribution >= 0.6 is 0 Å². The monoisotopic (exact) mass is 362 g/mol. The number of nitrogens with one attached hydrogen (secondary N) is 2. The van der Waals surface area contributed by atoms with E-state index in [1.54, 1.807) is 12.1 Å². The van der Waals surface area contributed by atoms with Crippen LogP contribution in [0.15, 0.2) is 30.3 Å². The van der Waals surface area contributed by atoms with Crippen LogP contribution in [0.4, 0.5) is 4.79 Å². The van der Waals surface area contributed by atoms with Crippen LogP contribution in [0.1, 0.15) is 31.2 Å². The maximum atomic E-state index is 11.9. The van der Waals surface area contributed by atoms with Crippen molar-refractivity contribution in [3.63, 3.8) is 0 Å². The number of rotatable bonds is 7. The number of carboxylic acid groups (broad SMARTS) is 1. The van der Waals surface area contributed by atoms with Gasteiger partial charge in [-0.25, -0.2) is 9.59 Å². The molecule has 1 fully saturated rings.